The van der Waals surface area contributed by atoms with E-state index in [0.717, 1.165) is 46.8 Å². The summed E-state index contributed by atoms with van der Waals surface area (Å²) in [7, 11) is 0. The molecular formula is C60H76N2O6. The van der Waals surface area contributed by atoms with E-state index in [1.165, 1.54) is 114 Å². The molecule has 0 amide bonds. The second-order valence-electron chi connectivity index (χ2n) is 17.7. The summed E-state index contributed by atoms with van der Waals surface area (Å²) >= 11 is 0. The lowest BCUT2D eigenvalue weighted by Gasteiger charge is -2.11. The monoisotopic (exact) mass is 921 g/mol. The molecule has 0 radical (unpaired) electrons. The number of carbonyl (C=O) groups excluding carboxylic acids is 2. The van der Waals surface area contributed by atoms with Gasteiger partial charge in [-0.1, -0.05) is 140 Å². The van der Waals surface area contributed by atoms with Crippen LogP contribution in [0.5, 0.6) is 11.5 Å². The molecule has 0 unspecified atom stereocenters. The van der Waals surface area contributed by atoms with Crippen molar-refractivity contribution in [2.45, 2.75) is 142 Å². The molecule has 362 valence electrons. The Labute approximate surface area is 407 Å². The molecule has 0 spiro atoms. The number of aryl methyl sites for hydroxylation is 2. The highest BCUT2D eigenvalue weighted by Gasteiger charge is 2.19. The van der Waals surface area contributed by atoms with E-state index in [-0.39, 0.29) is 24.3 Å². The van der Waals surface area contributed by atoms with Gasteiger partial charge in [0.1, 0.15) is 11.5 Å². The van der Waals surface area contributed by atoms with Crippen LogP contribution in [0.25, 0.3) is 0 Å². The fourth-order valence-electron chi connectivity index (χ4n) is 7.84. The van der Waals surface area contributed by atoms with E-state index in [0.29, 0.717) is 26.1 Å². The number of benzene rings is 5. The smallest absolute Gasteiger partial charge is 0.339 e. The molecule has 8 heteroatoms. The second-order valence-corrected chi connectivity index (χ2v) is 17.7. The van der Waals surface area contributed by atoms with Crippen molar-refractivity contribution in [2.24, 2.45) is 9.98 Å². The van der Waals surface area contributed by atoms with Crippen molar-refractivity contribution in [3.8, 4) is 11.5 Å². The maximum atomic E-state index is 13.0. The fraction of sp³-hybridized carbons (Fsp3) is 0.433. The molecule has 0 aliphatic heterocycles. The summed E-state index contributed by atoms with van der Waals surface area (Å²) in [6.07, 6.45) is 28.3. The van der Waals surface area contributed by atoms with Crippen molar-refractivity contribution in [3.63, 3.8) is 0 Å². The number of hydrogen-bond donors (Lipinski definition) is 0. The van der Waals surface area contributed by atoms with Gasteiger partial charge in [0.05, 0.1) is 48.9 Å². The zero-order valence-electron chi connectivity index (χ0n) is 41.0. The average Bonchev–Trinajstić information content (AvgIpc) is 3.37. The normalized spacial score (nSPS) is 11.3. The predicted molar refractivity (Wildman–Crippen MR) is 280 cm³/mol. The van der Waals surface area contributed by atoms with Gasteiger partial charge in [-0.05, 0) is 133 Å². The summed E-state index contributed by atoms with van der Waals surface area (Å²) in [6.45, 7) is 5.54. The van der Waals surface area contributed by atoms with Gasteiger partial charge >= 0.3 is 11.9 Å². The predicted octanol–water partition coefficient (Wildman–Crippen LogP) is 15.8. The van der Waals surface area contributed by atoms with Crippen LogP contribution < -0.4 is 9.47 Å². The van der Waals surface area contributed by atoms with Gasteiger partial charge in [-0.2, -0.15) is 0 Å². The topological polar surface area (TPSA) is 95.8 Å². The Kier molecular flexibility index (Phi) is 25.4. The molecule has 68 heavy (non-hydrogen) atoms. The van der Waals surface area contributed by atoms with Crippen molar-refractivity contribution in [2.75, 3.05) is 26.4 Å². The molecule has 0 aromatic heterocycles. The van der Waals surface area contributed by atoms with Crippen molar-refractivity contribution < 1.29 is 28.5 Å². The highest BCUT2D eigenvalue weighted by Crippen LogP contribution is 2.20. The second kappa shape index (κ2) is 32.6. The molecule has 5 aromatic carbocycles. The van der Waals surface area contributed by atoms with E-state index in [4.69, 9.17) is 18.9 Å². The van der Waals surface area contributed by atoms with E-state index < -0.39 is 11.9 Å². The van der Waals surface area contributed by atoms with Crippen molar-refractivity contribution in [1.82, 2.24) is 0 Å². The summed E-state index contributed by atoms with van der Waals surface area (Å²) in [4.78, 5) is 35.2. The molecule has 0 heterocycles. The first-order valence-electron chi connectivity index (χ1n) is 25.7. The number of nitrogens with zero attached hydrogens (tertiary/aromatic N) is 2. The zero-order valence-corrected chi connectivity index (χ0v) is 41.0. The third-order valence-corrected chi connectivity index (χ3v) is 11.9. The van der Waals surface area contributed by atoms with E-state index in [1.54, 1.807) is 24.3 Å². The molecule has 0 aliphatic rings. The number of hydrogen-bond acceptors (Lipinski definition) is 8. The summed E-state index contributed by atoms with van der Waals surface area (Å²) < 4.78 is 22.8. The SMILES string of the molecule is CCCCCCCCCCc1ccc(N=Cc2ccc(OCCCOC(=O)c3ccccc3C(=O)OCCCOc3ccc(C=Nc4ccc(CCCCCCCCCC)cc4)cc3)cc2)cc1. The van der Waals surface area contributed by atoms with Crippen LogP contribution in [0, 0.1) is 0 Å². The number of unbranched alkanes of at least 4 members (excludes halogenated alkanes) is 14. The Morgan fingerprint density at radius 3 is 1.12 bits per heavy atom. The molecule has 0 bridgehead atoms. The van der Waals surface area contributed by atoms with Crippen LogP contribution in [0.4, 0.5) is 11.4 Å². The maximum Gasteiger partial charge on any atom is 0.339 e. The highest BCUT2D eigenvalue weighted by atomic mass is 16.5. The van der Waals surface area contributed by atoms with Crippen LogP contribution in [0.3, 0.4) is 0 Å². The molecule has 0 aliphatic carbocycles. The Morgan fingerprint density at radius 1 is 0.397 bits per heavy atom. The minimum absolute atomic E-state index is 0.142. The highest BCUT2D eigenvalue weighted by molar-refractivity contribution is 6.03. The third kappa shape index (κ3) is 21.3. The summed E-state index contributed by atoms with van der Waals surface area (Å²) in [5.74, 6) is 0.269. The zero-order chi connectivity index (χ0) is 47.7. The molecule has 0 saturated carbocycles. The Balaban J connectivity index is 0.912. The molecule has 0 atom stereocenters. The van der Waals surface area contributed by atoms with Crippen LogP contribution >= 0.6 is 0 Å². The lowest BCUT2D eigenvalue weighted by molar-refractivity contribution is 0.0438. The van der Waals surface area contributed by atoms with E-state index in [9.17, 15) is 9.59 Å². The Hall–Kier alpha value is -6.02. The molecular weight excluding hydrogens is 845 g/mol. The maximum absolute atomic E-state index is 13.0. The largest absolute Gasteiger partial charge is 0.493 e. The van der Waals surface area contributed by atoms with Crippen LogP contribution in [-0.4, -0.2) is 50.8 Å². The first-order chi connectivity index (χ1) is 33.5. The lowest BCUT2D eigenvalue weighted by atomic mass is 10.0. The molecule has 0 saturated heterocycles. The standard InChI is InChI=1S/C60H76N2O6/c1-3-5-7-9-11-13-15-17-23-49-27-35-53(36-28-49)61-47-51-31-39-55(40-32-51)65-43-21-45-67-59(63)57-25-19-20-26-58(57)60(64)68-46-22-44-66-56-41-33-52(34-42-56)48-62-54-37-29-50(30-38-54)24-18-16-14-12-10-8-6-4-2/h19-20,25-42,47-48H,3-18,21-24,43-46H2,1-2H3. The number of aliphatic imine (C=N–C) groups is 2. The van der Waals surface area contributed by atoms with Crippen LogP contribution in [0.2, 0.25) is 0 Å². The van der Waals surface area contributed by atoms with Crippen LogP contribution in [0.1, 0.15) is 172 Å². The van der Waals surface area contributed by atoms with E-state index >= 15 is 0 Å². The number of esters is 2. The fourth-order valence-corrected chi connectivity index (χ4v) is 7.84. The van der Waals surface area contributed by atoms with Gasteiger partial charge in [0, 0.05) is 25.3 Å². The number of ether oxygens (including phenoxy) is 4. The summed E-state index contributed by atoms with van der Waals surface area (Å²) in [5, 5.41) is 0. The van der Waals surface area contributed by atoms with Gasteiger partial charge < -0.3 is 18.9 Å². The van der Waals surface area contributed by atoms with Gasteiger partial charge in [-0.25, -0.2) is 9.59 Å². The van der Waals surface area contributed by atoms with Crippen LogP contribution in [0.15, 0.2) is 131 Å². The molecule has 5 aromatic rings. The Morgan fingerprint density at radius 2 is 0.750 bits per heavy atom. The van der Waals surface area contributed by atoms with Gasteiger partial charge in [0.25, 0.3) is 0 Å². The molecule has 8 nitrogen and oxygen atoms in total. The molecule has 5 rings (SSSR count). The molecule has 0 fully saturated rings. The van der Waals surface area contributed by atoms with Gasteiger partial charge in [-0.3, -0.25) is 9.98 Å². The molecule has 0 N–H and O–H groups in total. The number of rotatable bonds is 34. The van der Waals surface area contributed by atoms with Gasteiger partial charge in [-0.15, -0.1) is 0 Å². The van der Waals surface area contributed by atoms with E-state index in [1.807, 2.05) is 61.0 Å². The van der Waals surface area contributed by atoms with Crippen molar-refractivity contribution in [1.29, 1.82) is 0 Å². The third-order valence-electron chi connectivity index (χ3n) is 11.9. The first kappa shape index (κ1) is 52.9. The quantitative estimate of drug-likeness (QED) is 0.0232. The average molecular weight is 921 g/mol. The van der Waals surface area contributed by atoms with Crippen molar-refractivity contribution in [3.05, 3.63) is 155 Å². The lowest BCUT2D eigenvalue weighted by Crippen LogP contribution is -2.16. The first-order valence-corrected chi connectivity index (χ1v) is 25.7. The summed E-state index contributed by atoms with van der Waals surface area (Å²) in [6, 6.07) is 39.1. The van der Waals surface area contributed by atoms with Crippen molar-refractivity contribution >= 4 is 35.7 Å². The minimum Gasteiger partial charge on any atom is -0.493 e. The van der Waals surface area contributed by atoms with Crippen LogP contribution in [-0.2, 0) is 22.3 Å². The summed E-state index contributed by atoms with van der Waals surface area (Å²) in [5.41, 5.74) is 6.87. The van der Waals surface area contributed by atoms with Gasteiger partial charge in [0.15, 0.2) is 0 Å². The van der Waals surface area contributed by atoms with Gasteiger partial charge in [0.2, 0.25) is 0 Å². The Bertz CT molecular complexity index is 2040. The number of carbonyl (C=O) groups is 2. The van der Waals surface area contributed by atoms with E-state index in [2.05, 4.69) is 72.4 Å². The minimum atomic E-state index is -0.585.